The average Bonchev–Trinajstić information content (AvgIpc) is 3.06. The fourth-order valence-electron chi connectivity index (χ4n) is 2.46. The lowest BCUT2D eigenvalue weighted by atomic mass is 10.2. The largest absolute Gasteiger partial charge is 0.322 e. The number of fused-ring (bicyclic) bond motifs is 1. The first-order chi connectivity index (χ1) is 12.2. The third kappa shape index (κ3) is 3.38. The zero-order valence-corrected chi connectivity index (χ0v) is 14.5. The summed E-state index contributed by atoms with van der Waals surface area (Å²) in [6.07, 6.45) is 1.76. The van der Waals surface area contributed by atoms with E-state index in [4.69, 9.17) is 11.6 Å². The van der Waals surface area contributed by atoms with Gasteiger partial charge in [-0.3, -0.25) is 4.79 Å². The van der Waals surface area contributed by atoms with E-state index in [-0.39, 0.29) is 5.91 Å². The minimum atomic E-state index is -0.203. The monoisotopic (exact) mass is 365 g/mol. The number of hydrogen-bond donors (Lipinski definition) is 1. The Labute approximate surface area is 153 Å². The second kappa shape index (κ2) is 6.63. The van der Waals surface area contributed by atoms with Crippen molar-refractivity contribution in [1.29, 1.82) is 0 Å². The number of benzene rings is 2. The van der Waals surface area contributed by atoms with Crippen LogP contribution in [0.15, 0.2) is 66.9 Å². The third-order valence-electron chi connectivity index (χ3n) is 3.62. The SMILES string of the molecule is O=C(Nc1cccc(-c2nc3cccnc3s2)c1)c1cccc(Cl)c1. The van der Waals surface area contributed by atoms with E-state index in [0.717, 1.165) is 20.9 Å². The molecule has 0 bridgehead atoms. The van der Waals surface area contributed by atoms with Crippen LogP contribution in [0.3, 0.4) is 0 Å². The van der Waals surface area contributed by atoms with Crippen molar-refractivity contribution < 1.29 is 4.79 Å². The quantitative estimate of drug-likeness (QED) is 0.538. The number of halogens is 1. The van der Waals surface area contributed by atoms with Gasteiger partial charge in [-0.15, -0.1) is 0 Å². The third-order valence-corrected chi connectivity index (χ3v) is 4.88. The number of rotatable bonds is 3. The Kier molecular flexibility index (Phi) is 4.17. The number of anilines is 1. The Morgan fingerprint density at radius 1 is 1.04 bits per heavy atom. The zero-order valence-electron chi connectivity index (χ0n) is 12.9. The van der Waals surface area contributed by atoms with Gasteiger partial charge in [0.25, 0.3) is 5.91 Å². The lowest BCUT2D eigenvalue weighted by molar-refractivity contribution is 0.102. The molecule has 1 amide bonds. The number of pyridine rings is 1. The summed E-state index contributed by atoms with van der Waals surface area (Å²) >= 11 is 7.47. The van der Waals surface area contributed by atoms with Crippen LogP contribution in [0.5, 0.6) is 0 Å². The highest BCUT2D eigenvalue weighted by atomic mass is 35.5. The summed E-state index contributed by atoms with van der Waals surface area (Å²) in [5, 5.41) is 4.29. The zero-order chi connectivity index (χ0) is 17.2. The van der Waals surface area contributed by atoms with Crippen LogP contribution in [-0.2, 0) is 0 Å². The molecule has 2 aromatic carbocycles. The minimum Gasteiger partial charge on any atom is -0.322 e. The molecule has 4 rings (SSSR count). The molecule has 0 saturated heterocycles. The smallest absolute Gasteiger partial charge is 0.255 e. The van der Waals surface area contributed by atoms with Gasteiger partial charge in [-0.25, -0.2) is 9.97 Å². The van der Waals surface area contributed by atoms with E-state index >= 15 is 0 Å². The van der Waals surface area contributed by atoms with E-state index < -0.39 is 0 Å². The van der Waals surface area contributed by atoms with Crippen molar-refractivity contribution in [3.05, 3.63) is 77.4 Å². The van der Waals surface area contributed by atoms with Crippen LogP contribution in [-0.4, -0.2) is 15.9 Å². The van der Waals surface area contributed by atoms with Gasteiger partial charge in [0.15, 0.2) is 0 Å². The number of nitrogens with zero attached hydrogens (tertiary/aromatic N) is 2. The maximum atomic E-state index is 12.4. The van der Waals surface area contributed by atoms with Gasteiger partial charge in [0.1, 0.15) is 15.4 Å². The molecule has 0 fully saturated rings. The predicted octanol–water partition coefficient (Wildman–Crippen LogP) is 5.26. The van der Waals surface area contributed by atoms with Crippen LogP contribution >= 0.6 is 22.9 Å². The molecule has 0 aliphatic carbocycles. The first-order valence-electron chi connectivity index (χ1n) is 7.58. The Morgan fingerprint density at radius 2 is 1.92 bits per heavy atom. The second-order valence-corrected chi connectivity index (χ2v) is 6.81. The molecule has 2 heterocycles. The average molecular weight is 366 g/mol. The van der Waals surface area contributed by atoms with E-state index in [1.807, 2.05) is 36.4 Å². The number of carbonyl (C=O) groups excluding carboxylic acids is 1. The Bertz CT molecular complexity index is 1040. The van der Waals surface area contributed by atoms with E-state index in [1.54, 1.807) is 30.5 Å². The molecule has 0 spiro atoms. The lowest BCUT2D eigenvalue weighted by Crippen LogP contribution is -2.11. The number of nitrogens with one attached hydrogen (secondary N) is 1. The van der Waals surface area contributed by atoms with Crippen molar-refractivity contribution in [3.63, 3.8) is 0 Å². The van der Waals surface area contributed by atoms with Gasteiger partial charge in [0, 0.05) is 28.0 Å². The van der Waals surface area contributed by atoms with Gasteiger partial charge in [-0.2, -0.15) is 0 Å². The lowest BCUT2D eigenvalue weighted by Gasteiger charge is -2.07. The van der Waals surface area contributed by atoms with E-state index in [1.165, 1.54) is 11.3 Å². The molecule has 0 saturated carbocycles. The van der Waals surface area contributed by atoms with Crippen LogP contribution in [0, 0.1) is 0 Å². The summed E-state index contributed by atoms with van der Waals surface area (Å²) in [5.74, 6) is -0.203. The number of aromatic nitrogens is 2. The summed E-state index contributed by atoms with van der Waals surface area (Å²) in [5.41, 5.74) is 3.03. The Balaban J connectivity index is 1.62. The normalized spacial score (nSPS) is 10.8. The summed E-state index contributed by atoms with van der Waals surface area (Å²) in [7, 11) is 0. The molecule has 0 radical (unpaired) electrons. The summed E-state index contributed by atoms with van der Waals surface area (Å²) in [4.78, 5) is 22.2. The fraction of sp³-hybridized carbons (Fsp3) is 0. The summed E-state index contributed by atoms with van der Waals surface area (Å²) < 4.78 is 0. The maximum absolute atomic E-state index is 12.4. The first-order valence-corrected chi connectivity index (χ1v) is 8.77. The van der Waals surface area contributed by atoms with E-state index in [9.17, 15) is 4.79 Å². The highest BCUT2D eigenvalue weighted by molar-refractivity contribution is 7.21. The van der Waals surface area contributed by atoms with Gasteiger partial charge in [-0.05, 0) is 42.5 Å². The van der Waals surface area contributed by atoms with Crippen molar-refractivity contribution in [2.75, 3.05) is 5.32 Å². The van der Waals surface area contributed by atoms with Crippen molar-refractivity contribution in [2.45, 2.75) is 0 Å². The van der Waals surface area contributed by atoms with Crippen molar-refractivity contribution in [1.82, 2.24) is 9.97 Å². The fourth-order valence-corrected chi connectivity index (χ4v) is 3.55. The van der Waals surface area contributed by atoms with Gasteiger partial charge in [0.2, 0.25) is 0 Å². The van der Waals surface area contributed by atoms with Gasteiger partial charge >= 0.3 is 0 Å². The first kappa shape index (κ1) is 15.7. The van der Waals surface area contributed by atoms with Crippen LogP contribution < -0.4 is 5.32 Å². The molecule has 0 unspecified atom stereocenters. The Hall–Kier alpha value is -2.76. The second-order valence-electron chi connectivity index (χ2n) is 5.39. The highest BCUT2D eigenvalue weighted by Gasteiger charge is 2.10. The summed E-state index contributed by atoms with van der Waals surface area (Å²) in [6, 6.07) is 18.3. The molecule has 0 aliphatic rings. The minimum absolute atomic E-state index is 0.203. The van der Waals surface area contributed by atoms with Crippen molar-refractivity contribution in [2.24, 2.45) is 0 Å². The molecule has 0 aliphatic heterocycles. The number of thiazole rings is 1. The molecule has 0 atom stereocenters. The van der Waals surface area contributed by atoms with Crippen LogP contribution in [0.4, 0.5) is 5.69 Å². The summed E-state index contributed by atoms with van der Waals surface area (Å²) in [6.45, 7) is 0. The molecular weight excluding hydrogens is 354 g/mol. The van der Waals surface area contributed by atoms with E-state index in [0.29, 0.717) is 16.3 Å². The van der Waals surface area contributed by atoms with Crippen LogP contribution in [0.25, 0.3) is 20.9 Å². The molecule has 4 aromatic rings. The number of amides is 1. The molecule has 4 nitrogen and oxygen atoms in total. The number of carbonyl (C=O) groups is 1. The van der Waals surface area contributed by atoms with Gasteiger partial charge in [-0.1, -0.05) is 41.1 Å². The maximum Gasteiger partial charge on any atom is 0.255 e. The number of hydrogen-bond acceptors (Lipinski definition) is 4. The topological polar surface area (TPSA) is 54.9 Å². The molecule has 2 aromatic heterocycles. The molecule has 25 heavy (non-hydrogen) atoms. The van der Waals surface area contributed by atoms with Crippen LogP contribution in [0.2, 0.25) is 5.02 Å². The van der Waals surface area contributed by atoms with E-state index in [2.05, 4.69) is 15.3 Å². The molecular formula is C19H12ClN3OS. The predicted molar refractivity (Wildman–Crippen MR) is 102 cm³/mol. The Morgan fingerprint density at radius 3 is 2.76 bits per heavy atom. The molecule has 1 N–H and O–H groups in total. The van der Waals surface area contributed by atoms with Crippen LogP contribution in [0.1, 0.15) is 10.4 Å². The van der Waals surface area contributed by atoms with Crippen molar-refractivity contribution >= 4 is 44.9 Å². The van der Waals surface area contributed by atoms with Gasteiger partial charge in [0.05, 0.1) is 0 Å². The van der Waals surface area contributed by atoms with Crippen molar-refractivity contribution in [3.8, 4) is 10.6 Å². The molecule has 122 valence electrons. The highest BCUT2D eigenvalue weighted by Crippen LogP contribution is 2.30. The molecule has 6 heteroatoms. The standard InChI is InChI=1S/C19H12ClN3OS/c20-14-6-1-4-12(10-14)17(24)22-15-7-2-5-13(11-15)18-23-16-8-3-9-21-19(16)25-18/h1-11H,(H,22,24). The van der Waals surface area contributed by atoms with Gasteiger partial charge < -0.3 is 5.32 Å².